The fourth-order valence-electron chi connectivity index (χ4n) is 5.44. The van der Waals surface area contributed by atoms with Crippen LogP contribution < -0.4 is 10.5 Å². The summed E-state index contributed by atoms with van der Waals surface area (Å²) < 4.78 is 19.3. The number of hydrogen-bond acceptors (Lipinski definition) is 7. The highest BCUT2D eigenvalue weighted by molar-refractivity contribution is 7.18. The lowest BCUT2D eigenvalue weighted by Gasteiger charge is -2.48. The van der Waals surface area contributed by atoms with Crippen LogP contribution in [0.5, 0.6) is 0 Å². The van der Waals surface area contributed by atoms with Gasteiger partial charge in [-0.25, -0.2) is 9.37 Å². The van der Waals surface area contributed by atoms with E-state index in [2.05, 4.69) is 46.7 Å². The molecule has 10 heteroatoms. The second-order valence-electron chi connectivity index (χ2n) is 9.63. The molecule has 0 aliphatic carbocycles. The van der Waals surface area contributed by atoms with Crippen LogP contribution in [0.3, 0.4) is 0 Å². The summed E-state index contributed by atoms with van der Waals surface area (Å²) in [5, 5.41) is 14.6. The SMILES string of the molecule is CC[C@@H]1CN(c2cc(=O)n(C)c3cn(CC#N)nc23)[C@@H](C)CN1[C@H](C)c1ccc2nc(C)sc2c1F. The molecular weight excluding hydrogens is 477 g/mol. The number of nitrogens with zero attached hydrogens (tertiary/aromatic N) is 7. The number of piperazine rings is 1. The Balaban J connectivity index is 1.50. The predicted octanol–water partition coefficient (Wildman–Crippen LogP) is 4.37. The Labute approximate surface area is 213 Å². The summed E-state index contributed by atoms with van der Waals surface area (Å²) in [6, 6.07) is 7.68. The van der Waals surface area contributed by atoms with Gasteiger partial charge in [0.15, 0.2) is 0 Å². The van der Waals surface area contributed by atoms with Gasteiger partial charge in [0.05, 0.1) is 38.7 Å². The number of aryl methyl sites for hydroxylation is 2. The van der Waals surface area contributed by atoms with Crippen LogP contribution in [0.25, 0.3) is 21.3 Å². The number of nitriles is 1. The molecular formula is C26H30FN7OS. The fourth-order valence-corrected chi connectivity index (χ4v) is 6.30. The first kappa shape index (κ1) is 24.4. The molecule has 1 aliphatic rings. The Morgan fingerprint density at radius 1 is 1.33 bits per heavy atom. The molecule has 0 radical (unpaired) electrons. The van der Waals surface area contributed by atoms with Crippen molar-refractivity contribution in [2.75, 3.05) is 18.0 Å². The van der Waals surface area contributed by atoms with E-state index in [0.717, 1.165) is 17.1 Å². The molecule has 0 bridgehead atoms. The zero-order valence-corrected chi connectivity index (χ0v) is 22.0. The topological polar surface area (TPSA) is 83.0 Å². The number of halogens is 1. The summed E-state index contributed by atoms with van der Waals surface area (Å²) in [7, 11) is 1.72. The minimum atomic E-state index is -0.174. The lowest BCUT2D eigenvalue weighted by atomic mass is 9.97. The summed E-state index contributed by atoms with van der Waals surface area (Å²) in [4.78, 5) is 21.9. The predicted molar refractivity (Wildman–Crippen MR) is 141 cm³/mol. The number of fused-ring (bicyclic) bond motifs is 2. The van der Waals surface area contributed by atoms with Crippen molar-refractivity contribution in [3.05, 3.63) is 51.1 Å². The molecule has 1 aromatic carbocycles. The molecule has 4 heterocycles. The Kier molecular flexibility index (Phi) is 6.30. The molecule has 8 nitrogen and oxygen atoms in total. The molecule has 0 saturated carbocycles. The quantitative estimate of drug-likeness (QED) is 0.399. The minimum Gasteiger partial charge on any atom is -0.364 e. The van der Waals surface area contributed by atoms with Gasteiger partial charge in [0.2, 0.25) is 0 Å². The molecule has 188 valence electrons. The van der Waals surface area contributed by atoms with Crippen LogP contribution in [0.15, 0.2) is 29.2 Å². The van der Waals surface area contributed by atoms with Gasteiger partial charge >= 0.3 is 0 Å². The highest BCUT2D eigenvalue weighted by Crippen LogP contribution is 2.36. The number of thiazole rings is 1. The van der Waals surface area contributed by atoms with Gasteiger partial charge in [-0.2, -0.15) is 10.4 Å². The minimum absolute atomic E-state index is 0.0733. The van der Waals surface area contributed by atoms with E-state index in [1.165, 1.54) is 11.3 Å². The summed E-state index contributed by atoms with van der Waals surface area (Å²) >= 11 is 1.40. The third-order valence-electron chi connectivity index (χ3n) is 7.42. The number of pyridine rings is 1. The van der Waals surface area contributed by atoms with Crippen LogP contribution in [0.1, 0.15) is 43.8 Å². The average molecular weight is 508 g/mol. The standard InChI is InChI=1S/C26H30FN7OS/c1-6-18-13-33(21-11-23(35)31(5)22-14-32(10-9-28)30-25(21)22)15(2)12-34(18)16(3)19-7-8-20-26(24(19)27)36-17(4)29-20/h7-8,11,14-16,18H,6,10,12-13H2,1-5H3/t15-,16+,18+/m0/s1. The Morgan fingerprint density at radius 2 is 2.11 bits per heavy atom. The second kappa shape index (κ2) is 9.30. The van der Waals surface area contributed by atoms with E-state index in [0.29, 0.717) is 39.9 Å². The third-order valence-corrected chi connectivity index (χ3v) is 8.39. The van der Waals surface area contributed by atoms with Crippen molar-refractivity contribution in [2.24, 2.45) is 7.05 Å². The van der Waals surface area contributed by atoms with Gasteiger partial charge in [-0.1, -0.05) is 13.0 Å². The van der Waals surface area contributed by atoms with Gasteiger partial charge in [-0.05, 0) is 33.3 Å². The van der Waals surface area contributed by atoms with Crippen LogP contribution in [-0.4, -0.2) is 49.4 Å². The molecule has 4 aromatic rings. The van der Waals surface area contributed by atoms with Gasteiger partial charge in [-0.3, -0.25) is 14.4 Å². The Morgan fingerprint density at radius 3 is 2.83 bits per heavy atom. The first-order valence-electron chi connectivity index (χ1n) is 12.3. The number of aromatic nitrogens is 4. The monoisotopic (exact) mass is 507 g/mol. The van der Waals surface area contributed by atoms with Crippen molar-refractivity contribution in [3.63, 3.8) is 0 Å². The maximum absolute atomic E-state index is 15.5. The van der Waals surface area contributed by atoms with Gasteiger partial charge in [0, 0.05) is 49.9 Å². The normalized spacial score (nSPS) is 19.8. The zero-order valence-electron chi connectivity index (χ0n) is 21.2. The highest BCUT2D eigenvalue weighted by Gasteiger charge is 2.36. The van der Waals surface area contributed by atoms with E-state index in [1.807, 2.05) is 19.1 Å². The number of rotatable bonds is 5. The van der Waals surface area contributed by atoms with Crippen molar-refractivity contribution in [2.45, 2.75) is 58.8 Å². The Bertz CT molecular complexity index is 1550. The first-order chi connectivity index (χ1) is 17.2. The maximum atomic E-state index is 15.5. The molecule has 3 aromatic heterocycles. The second-order valence-corrected chi connectivity index (χ2v) is 10.8. The zero-order chi connectivity index (χ0) is 25.7. The molecule has 3 atom stereocenters. The maximum Gasteiger partial charge on any atom is 0.252 e. The summed E-state index contributed by atoms with van der Waals surface area (Å²) in [6.07, 6.45) is 2.64. The van der Waals surface area contributed by atoms with Gasteiger partial charge < -0.3 is 9.47 Å². The van der Waals surface area contributed by atoms with Gasteiger partial charge in [0.25, 0.3) is 5.56 Å². The summed E-state index contributed by atoms with van der Waals surface area (Å²) in [5.74, 6) is -0.174. The molecule has 36 heavy (non-hydrogen) atoms. The molecule has 0 unspecified atom stereocenters. The number of hydrogen-bond donors (Lipinski definition) is 0. The van der Waals surface area contributed by atoms with Gasteiger partial charge in [0.1, 0.15) is 17.9 Å². The molecule has 1 saturated heterocycles. The summed E-state index contributed by atoms with van der Waals surface area (Å²) in [5.41, 5.74) is 3.50. The van der Waals surface area contributed by atoms with E-state index in [-0.39, 0.29) is 36.0 Å². The highest BCUT2D eigenvalue weighted by atomic mass is 32.1. The van der Waals surface area contributed by atoms with Crippen molar-refractivity contribution in [1.82, 2.24) is 24.2 Å². The third kappa shape index (κ3) is 3.96. The lowest BCUT2D eigenvalue weighted by Crippen LogP contribution is -2.58. The van der Waals surface area contributed by atoms with Crippen molar-refractivity contribution >= 4 is 38.3 Å². The van der Waals surface area contributed by atoms with E-state index >= 15 is 4.39 Å². The van der Waals surface area contributed by atoms with Gasteiger partial charge in [-0.15, -0.1) is 11.3 Å². The lowest BCUT2D eigenvalue weighted by molar-refractivity contribution is 0.104. The van der Waals surface area contributed by atoms with E-state index in [1.54, 1.807) is 28.6 Å². The van der Waals surface area contributed by atoms with E-state index < -0.39 is 0 Å². The Hall–Kier alpha value is -3.29. The van der Waals surface area contributed by atoms with E-state index in [4.69, 9.17) is 5.26 Å². The smallest absolute Gasteiger partial charge is 0.252 e. The number of anilines is 1. The average Bonchev–Trinajstić information content (AvgIpc) is 3.45. The van der Waals surface area contributed by atoms with Crippen LogP contribution in [0.4, 0.5) is 10.1 Å². The van der Waals surface area contributed by atoms with Crippen molar-refractivity contribution in [3.8, 4) is 6.07 Å². The molecule has 0 amide bonds. The molecule has 1 fully saturated rings. The number of benzene rings is 1. The first-order valence-corrected chi connectivity index (χ1v) is 13.1. The van der Waals surface area contributed by atoms with Crippen LogP contribution in [0, 0.1) is 24.1 Å². The van der Waals surface area contributed by atoms with Crippen LogP contribution in [0.2, 0.25) is 0 Å². The van der Waals surface area contributed by atoms with Crippen molar-refractivity contribution < 1.29 is 4.39 Å². The molecule has 0 spiro atoms. The molecule has 5 rings (SSSR count). The molecule has 1 aliphatic heterocycles. The van der Waals surface area contributed by atoms with E-state index in [9.17, 15) is 4.79 Å². The summed E-state index contributed by atoms with van der Waals surface area (Å²) in [6.45, 7) is 9.78. The van der Waals surface area contributed by atoms with Crippen LogP contribution >= 0.6 is 11.3 Å². The largest absolute Gasteiger partial charge is 0.364 e. The molecule has 0 N–H and O–H groups in total. The van der Waals surface area contributed by atoms with Crippen molar-refractivity contribution in [1.29, 1.82) is 5.26 Å². The fraction of sp³-hybridized carbons (Fsp3) is 0.462. The van der Waals surface area contributed by atoms with Crippen LogP contribution in [-0.2, 0) is 13.6 Å².